The van der Waals surface area contributed by atoms with E-state index in [2.05, 4.69) is 88.4 Å². The molecule has 0 heteroatoms. The minimum atomic E-state index is 1.01. The average molecular weight is 465 g/mol. The zero-order valence-electron chi connectivity index (χ0n) is 25.2. The lowest BCUT2D eigenvalue weighted by atomic mass is 9.90. The van der Waals surface area contributed by atoms with Crippen molar-refractivity contribution >= 4 is 0 Å². The second-order valence-corrected chi connectivity index (χ2v) is 6.91. The minimum absolute atomic E-state index is 1.01. The van der Waals surface area contributed by atoms with Crippen molar-refractivity contribution in [2.45, 2.75) is 110 Å². The maximum atomic E-state index is 2.35. The molecule has 0 aliphatic heterocycles. The molecule has 0 aliphatic rings. The topological polar surface area (TPSA) is 0 Å². The molecule has 34 heavy (non-hydrogen) atoms. The van der Waals surface area contributed by atoms with Crippen LogP contribution in [0.25, 0.3) is 0 Å². The van der Waals surface area contributed by atoms with Gasteiger partial charge in [0.05, 0.1) is 0 Å². The molecule has 3 aromatic carbocycles. The summed E-state index contributed by atoms with van der Waals surface area (Å²) in [5, 5.41) is 0. The van der Waals surface area contributed by atoms with Gasteiger partial charge in [-0.3, -0.25) is 0 Å². The van der Waals surface area contributed by atoms with Gasteiger partial charge in [0.15, 0.2) is 0 Å². The second-order valence-electron chi connectivity index (χ2n) is 6.91. The summed E-state index contributed by atoms with van der Waals surface area (Å²) in [5.74, 6) is 0. The summed E-state index contributed by atoms with van der Waals surface area (Å²) in [4.78, 5) is 0. The number of rotatable bonds is 4. The first-order chi connectivity index (χ1) is 16.5. The summed E-state index contributed by atoms with van der Waals surface area (Å²) in [6.45, 7) is 28.9. The van der Waals surface area contributed by atoms with Crippen LogP contribution in [-0.2, 0) is 12.8 Å². The molecule has 0 fully saturated rings. The fourth-order valence-corrected chi connectivity index (χ4v) is 3.41. The number of benzene rings is 3. The van der Waals surface area contributed by atoms with Gasteiger partial charge in [-0.2, -0.15) is 0 Å². The molecule has 0 unspecified atom stereocenters. The van der Waals surface area contributed by atoms with E-state index in [9.17, 15) is 0 Å². The molecule has 0 saturated heterocycles. The van der Waals surface area contributed by atoms with Crippen LogP contribution >= 0.6 is 0 Å². The lowest BCUT2D eigenvalue weighted by Gasteiger charge is -2.15. The van der Waals surface area contributed by atoms with E-state index in [4.69, 9.17) is 0 Å². The smallest absolute Gasteiger partial charge is 0.00203 e. The van der Waals surface area contributed by atoms with E-state index in [1.54, 1.807) is 0 Å². The number of aryl methyl sites for hydroxylation is 3. The van der Waals surface area contributed by atoms with E-state index in [0.717, 1.165) is 12.8 Å². The first kappa shape index (κ1) is 36.2. The molecule has 0 saturated carbocycles. The van der Waals surface area contributed by atoms with Crippen molar-refractivity contribution in [3.63, 3.8) is 0 Å². The lowest BCUT2D eigenvalue weighted by molar-refractivity contribution is 1.06. The standard InChI is InChI=1S/C24H26.5C2H6/c1-17-13-23(15-21-11-7-5-9-18(21)2)20(4)24(14-17)16-22-12-8-6-10-19(22)3;5*1-2/h5-14H,15-16H2,1-4H3;5*1-2H3. The SMILES string of the molecule is CC.CC.CC.CC.CC.Cc1cc(Cc2ccccc2C)c(C)c(Cc2ccccc2C)c1. The third-order valence-corrected chi connectivity index (χ3v) is 5.05. The Morgan fingerprint density at radius 2 is 0.706 bits per heavy atom. The molecule has 0 N–H and O–H groups in total. The van der Waals surface area contributed by atoms with Crippen LogP contribution in [0.2, 0.25) is 0 Å². The Hall–Kier alpha value is -2.34. The fourth-order valence-electron chi connectivity index (χ4n) is 3.41. The summed E-state index contributed by atoms with van der Waals surface area (Å²) in [7, 11) is 0. The van der Waals surface area contributed by atoms with Crippen LogP contribution in [-0.4, -0.2) is 0 Å². The van der Waals surface area contributed by atoms with Crippen LogP contribution in [0.4, 0.5) is 0 Å². The highest BCUT2D eigenvalue weighted by Crippen LogP contribution is 2.24. The summed E-state index contributed by atoms with van der Waals surface area (Å²) < 4.78 is 0. The van der Waals surface area contributed by atoms with Crippen LogP contribution < -0.4 is 0 Å². The quantitative estimate of drug-likeness (QED) is 0.360. The summed E-state index contributed by atoms with van der Waals surface area (Å²) >= 11 is 0. The molecule has 0 aromatic heterocycles. The van der Waals surface area contributed by atoms with Gasteiger partial charge < -0.3 is 0 Å². The minimum Gasteiger partial charge on any atom is -0.0683 e. The van der Waals surface area contributed by atoms with E-state index in [1.807, 2.05) is 69.2 Å². The summed E-state index contributed by atoms with van der Waals surface area (Å²) in [6.07, 6.45) is 2.03. The zero-order valence-corrected chi connectivity index (χ0v) is 25.2. The van der Waals surface area contributed by atoms with E-state index < -0.39 is 0 Å². The van der Waals surface area contributed by atoms with E-state index in [-0.39, 0.29) is 0 Å². The van der Waals surface area contributed by atoms with Crippen LogP contribution in [0.15, 0.2) is 60.7 Å². The van der Waals surface area contributed by atoms with Gasteiger partial charge in [-0.15, -0.1) is 0 Å². The fraction of sp³-hybridized carbons (Fsp3) is 0.471. The Labute approximate surface area is 214 Å². The van der Waals surface area contributed by atoms with Crippen LogP contribution in [0.1, 0.15) is 114 Å². The maximum absolute atomic E-state index is 2.35. The molecule has 3 aromatic rings. The van der Waals surface area contributed by atoms with Gasteiger partial charge >= 0.3 is 0 Å². The molecule has 0 atom stereocenters. The van der Waals surface area contributed by atoms with Crippen molar-refractivity contribution < 1.29 is 0 Å². The predicted octanol–water partition coefficient (Wildman–Crippen LogP) is 11.2. The number of hydrogen-bond donors (Lipinski definition) is 0. The molecule has 0 radical (unpaired) electrons. The van der Waals surface area contributed by atoms with Crippen molar-refractivity contribution in [1.29, 1.82) is 0 Å². The van der Waals surface area contributed by atoms with Crippen molar-refractivity contribution in [3.8, 4) is 0 Å². The third-order valence-electron chi connectivity index (χ3n) is 5.05. The number of hydrogen-bond acceptors (Lipinski definition) is 0. The van der Waals surface area contributed by atoms with Crippen molar-refractivity contribution in [3.05, 3.63) is 105 Å². The third kappa shape index (κ3) is 12.8. The zero-order chi connectivity index (χ0) is 27.1. The Morgan fingerprint density at radius 3 is 1.00 bits per heavy atom. The first-order valence-corrected chi connectivity index (χ1v) is 13.7. The monoisotopic (exact) mass is 464 g/mol. The molecule has 0 aliphatic carbocycles. The second kappa shape index (κ2) is 23.8. The van der Waals surface area contributed by atoms with Crippen molar-refractivity contribution in [1.82, 2.24) is 0 Å². The molecular weight excluding hydrogens is 408 g/mol. The van der Waals surface area contributed by atoms with Gasteiger partial charge in [0.2, 0.25) is 0 Å². The largest absolute Gasteiger partial charge is 0.0683 e. The van der Waals surface area contributed by atoms with Gasteiger partial charge in [0, 0.05) is 0 Å². The van der Waals surface area contributed by atoms with E-state index in [0.29, 0.717) is 0 Å². The molecule has 192 valence electrons. The van der Waals surface area contributed by atoms with Crippen molar-refractivity contribution in [2.75, 3.05) is 0 Å². The van der Waals surface area contributed by atoms with Gasteiger partial charge in [0.1, 0.15) is 0 Å². The Balaban J connectivity index is -0.000000854. The Kier molecular flexibility index (Phi) is 25.4. The molecule has 0 nitrogen and oxygen atoms in total. The lowest BCUT2D eigenvalue weighted by Crippen LogP contribution is -2.01. The van der Waals surface area contributed by atoms with Crippen LogP contribution in [0, 0.1) is 27.7 Å². The highest BCUT2D eigenvalue weighted by atomic mass is 14.1. The van der Waals surface area contributed by atoms with Gasteiger partial charge in [-0.25, -0.2) is 0 Å². The van der Waals surface area contributed by atoms with E-state index >= 15 is 0 Å². The molecule has 3 rings (SSSR count). The van der Waals surface area contributed by atoms with Crippen LogP contribution in [0.5, 0.6) is 0 Å². The summed E-state index contributed by atoms with van der Waals surface area (Å²) in [6, 6.07) is 22.1. The molecular formula is C34H56. The van der Waals surface area contributed by atoms with Crippen molar-refractivity contribution in [2.24, 2.45) is 0 Å². The molecule has 0 bridgehead atoms. The average Bonchev–Trinajstić information content (AvgIpc) is 2.90. The Bertz CT molecular complexity index is 787. The first-order valence-electron chi connectivity index (χ1n) is 13.7. The van der Waals surface area contributed by atoms with E-state index in [1.165, 1.54) is 44.5 Å². The molecule has 0 spiro atoms. The maximum Gasteiger partial charge on any atom is -0.00203 e. The van der Waals surface area contributed by atoms with Gasteiger partial charge in [-0.05, 0) is 79.5 Å². The van der Waals surface area contributed by atoms with Gasteiger partial charge in [-0.1, -0.05) is 135 Å². The van der Waals surface area contributed by atoms with Gasteiger partial charge in [0.25, 0.3) is 0 Å². The highest BCUT2D eigenvalue weighted by molar-refractivity contribution is 5.44. The molecule has 0 amide bonds. The summed E-state index contributed by atoms with van der Waals surface area (Å²) in [5.41, 5.74) is 11.3. The normalized spacial score (nSPS) is 8.53. The highest BCUT2D eigenvalue weighted by Gasteiger charge is 2.09. The molecule has 0 heterocycles. The van der Waals surface area contributed by atoms with Crippen LogP contribution in [0.3, 0.4) is 0 Å². The predicted molar refractivity (Wildman–Crippen MR) is 161 cm³/mol. The Morgan fingerprint density at radius 1 is 0.412 bits per heavy atom.